The van der Waals surface area contributed by atoms with E-state index >= 15 is 0 Å². The summed E-state index contributed by atoms with van der Waals surface area (Å²) < 4.78 is 13.0. The number of hydrogen-bond donors (Lipinski definition) is 1. The maximum absolute atomic E-state index is 13.0. The highest BCUT2D eigenvalue weighted by molar-refractivity contribution is 5.96. The largest absolute Gasteiger partial charge is 0.305 e. The molecule has 0 bridgehead atoms. The minimum absolute atomic E-state index is 0.266. The summed E-state index contributed by atoms with van der Waals surface area (Å²) in [7, 11) is 0. The standard InChI is InChI=1S/C9H10FN/c1-6-3-4-8(7(2)11)9(10)5-6/h3-5,11H,1-2H3. The van der Waals surface area contributed by atoms with Crippen molar-refractivity contribution in [2.75, 3.05) is 0 Å². The summed E-state index contributed by atoms with van der Waals surface area (Å²) in [5, 5.41) is 7.21. The first-order chi connectivity index (χ1) is 5.11. The molecular formula is C9H10FN. The number of rotatable bonds is 1. The van der Waals surface area contributed by atoms with Crippen molar-refractivity contribution >= 4 is 5.71 Å². The molecule has 0 unspecified atom stereocenters. The Balaban J connectivity index is 3.20. The highest BCUT2D eigenvalue weighted by atomic mass is 19.1. The van der Waals surface area contributed by atoms with Gasteiger partial charge in [0.2, 0.25) is 0 Å². The zero-order valence-corrected chi connectivity index (χ0v) is 6.61. The molecule has 0 aliphatic heterocycles. The van der Waals surface area contributed by atoms with Crippen molar-refractivity contribution in [1.29, 1.82) is 5.41 Å². The van der Waals surface area contributed by atoms with Crippen LogP contribution in [-0.2, 0) is 0 Å². The van der Waals surface area contributed by atoms with Gasteiger partial charge in [0.15, 0.2) is 0 Å². The Labute approximate surface area is 65.4 Å². The summed E-state index contributed by atoms with van der Waals surface area (Å²) in [5.74, 6) is -0.308. The fraction of sp³-hybridized carbons (Fsp3) is 0.222. The molecule has 0 fully saturated rings. The molecule has 0 radical (unpaired) electrons. The maximum Gasteiger partial charge on any atom is 0.132 e. The van der Waals surface area contributed by atoms with Crippen LogP contribution in [0.25, 0.3) is 0 Å². The summed E-state index contributed by atoms with van der Waals surface area (Å²) in [6, 6.07) is 4.87. The first-order valence-corrected chi connectivity index (χ1v) is 3.43. The first-order valence-electron chi connectivity index (χ1n) is 3.43. The van der Waals surface area contributed by atoms with Crippen LogP contribution < -0.4 is 0 Å². The van der Waals surface area contributed by atoms with Gasteiger partial charge in [0.25, 0.3) is 0 Å². The van der Waals surface area contributed by atoms with Crippen LogP contribution in [0.2, 0.25) is 0 Å². The fourth-order valence-corrected chi connectivity index (χ4v) is 0.924. The van der Waals surface area contributed by atoms with E-state index < -0.39 is 0 Å². The van der Waals surface area contributed by atoms with Gasteiger partial charge in [0.1, 0.15) is 5.82 Å². The highest BCUT2D eigenvalue weighted by Gasteiger charge is 2.02. The van der Waals surface area contributed by atoms with Crippen LogP contribution in [0.4, 0.5) is 4.39 Å². The Hall–Kier alpha value is -1.18. The lowest BCUT2D eigenvalue weighted by atomic mass is 10.1. The monoisotopic (exact) mass is 151 g/mol. The molecule has 2 heteroatoms. The van der Waals surface area contributed by atoms with Gasteiger partial charge in [-0.1, -0.05) is 6.07 Å². The van der Waals surface area contributed by atoms with E-state index in [1.807, 2.05) is 6.92 Å². The quantitative estimate of drug-likeness (QED) is 0.596. The number of hydrogen-bond acceptors (Lipinski definition) is 1. The molecule has 0 aliphatic rings. The fourth-order valence-electron chi connectivity index (χ4n) is 0.924. The van der Waals surface area contributed by atoms with Crippen LogP contribution in [0.5, 0.6) is 0 Å². The molecule has 1 rings (SSSR count). The average molecular weight is 151 g/mol. The topological polar surface area (TPSA) is 23.9 Å². The van der Waals surface area contributed by atoms with Gasteiger partial charge in [-0.15, -0.1) is 0 Å². The molecule has 0 amide bonds. The van der Waals surface area contributed by atoms with Crippen LogP contribution in [-0.4, -0.2) is 5.71 Å². The molecule has 0 saturated carbocycles. The van der Waals surface area contributed by atoms with Crippen molar-refractivity contribution in [3.63, 3.8) is 0 Å². The van der Waals surface area contributed by atoms with Crippen LogP contribution in [0, 0.1) is 18.2 Å². The van der Waals surface area contributed by atoms with Crippen molar-refractivity contribution in [2.45, 2.75) is 13.8 Å². The Kier molecular flexibility index (Phi) is 2.03. The van der Waals surface area contributed by atoms with Gasteiger partial charge in [-0.25, -0.2) is 4.39 Å². The molecule has 0 saturated heterocycles. The molecule has 1 aromatic carbocycles. The van der Waals surface area contributed by atoms with E-state index in [1.54, 1.807) is 19.1 Å². The molecular weight excluding hydrogens is 141 g/mol. The summed E-state index contributed by atoms with van der Waals surface area (Å²) in [4.78, 5) is 0. The van der Waals surface area contributed by atoms with Gasteiger partial charge in [-0.3, -0.25) is 0 Å². The van der Waals surface area contributed by atoms with Gasteiger partial charge in [-0.2, -0.15) is 0 Å². The summed E-state index contributed by atoms with van der Waals surface area (Å²) >= 11 is 0. The average Bonchev–Trinajstić information content (AvgIpc) is 1.85. The SMILES string of the molecule is CC(=N)c1ccc(C)cc1F. The third-order valence-electron chi connectivity index (χ3n) is 1.53. The zero-order chi connectivity index (χ0) is 8.43. The molecule has 0 aliphatic carbocycles. The second kappa shape index (κ2) is 2.82. The van der Waals surface area contributed by atoms with E-state index in [2.05, 4.69) is 0 Å². The Bertz CT molecular complexity index is 292. The van der Waals surface area contributed by atoms with Gasteiger partial charge in [0, 0.05) is 11.3 Å². The van der Waals surface area contributed by atoms with Crippen molar-refractivity contribution in [3.05, 3.63) is 35.1 Å². The van der Waals surface area contributed by atoms with E-state index in [4.69, 9.17) is 5.41 Å². The molecule has 0 atom stereocenters. The van der Waals surface area contributed by atoms with Gasteiger partial charge in [0.05, 0.1) is 0 Å². The van der Waals surface area contributed by atoms with Gasteiger partial charge in [-0.05, 0) is 31.5 Å². The Morgan fingerprint density at radius 1 is 1.45 bits per heavy atom. The van der Waals surface area contributed by atoms with Crippen LogP contribution >= 0.6 is 0 Å². The van der Waals surface area contributed by atoms with Crippen molar-refractivity contribution < 1.29 is 4.39 Å². The number of nitrogens with one attached hydrogen (secondary N) is 1. The van der Waals surface area contributed by atoms with E-state index in [0.717, 1.165) is 5.56 Å². The van der Waals surface area contributed by atoms with Crippen LogP contribution in [0.15, 0.2) is 18.2 Å². The third kappa shape index (κ3) is 1.64. The lowest BCUT2D eigenvalue weighted by Gasteiger charge is -2.00. The van der Waals surface area contributed by atoms with Crippen molar-refractivity contribution in [1.82, 2.24) is 0 Å². The Morgan fingerprint density at radius 2 is 2.09 bits per heavy atom. The lowest BCUT2D eigenvalue weighted by Crippen LogP contribution is -1.96. The molecule has 0 spiro atoms. The molecule has 1 nitrogen and oxygen atoms in total. The molecule has 11 heavy (non-hydrogen) atoms. The maximum atomic E-state index is 13.0. The van der Waals surface area contributed by atoms with Crippen LogP contribution in [0.3, 0.4) is 0 Å². The number of halogens is 1. The minimum Gasteiger partial charge on any atom is -0.305 e. The number of aryl methyl sites for hydroxylation is 1. The van der Waals surface area contributed by atoms with E-state index in [9.17, 15) is 4.39 Å². The van der Waals surface area contributed by atoms with E-state index in [0.29, 0.717) is 5.56 Å². The summed E-state index contributed by atoms with van der Waals surface area (Å²) in [5.41, 5.74) is 1.53. The second-order valence-corrected chi connectivity index (χ2v) is 2.61. The van der Waals surface area contributed by atoms with Crippen LogP contribution in [0.1, 0.15) is 18.1 Å². The lowest BCUT2D eigenvalue weighted by molar-refractivity contribution is 0.624. The third-order valence-corrected chi connectivity index (χ3v) is 1.53. The zero-order valence-electron chi connectivity index (χ0n) is 6.61. The predicted molar refractivity (Wildman–Crippen MR) is 43.6 cm³/mol. The highest BCUT2D eigenvalue weighted by Crippen LogP contribution is 2.09. The van der Waals surface area contributed by atoms with Crippen molar-refractivity contribution in [2.24, 2.45) is 0 Å². The summed E-state index contributed by atoms with van der Waals surface area (Å²) in [6.45, 7) is 3.40. The molecule has 1 N–H and O–H groups in total. The molecule has 1 aromatic rings. The van der Waals surface area contributed by atoms with E-state index in [-0.39, 0.29) is 11.5 Å². The Morgan fingerprint density at radius 3 is 2.55 bits per heavy atom. The van der Waals surface area contributed by atoms with Gasteiger partial charge < -0.3 is 5.41 Å². The number of benzene rings is 1. The first kappa shape index (κ1) is 7.92. The van der Waals surface area contributed by atoms with Gasteiger partial charge >= 0.3 is 0 Å². The van der Waals surface area contributed by atoms with Crippen molar-refractivity contribution in [3.8, 4) is 0 Å². The smallest absolute Gasteiger partial charge is 0.132 e. The molecule has 58 valence electrons. The molecule has 0 aromatic heterocycles. The minimum atomic E-state index is -0.308. The second-order valence-electron chi connectivity index (χ2n) is 2.61. The normalized spacial score (nSPS) is 9.73. The molecule has 0 heterocycles. The summed E-state index contributed by atoms with van der Waals surface area (Å²) in [6.07, 6.45) is 0. The predicted octanol–water partition coefficient (Wildman–Crippen LogP) is 2.52. The van der Waals surface area contributed by atoms with E-state index in [1.165, 1.54) is 6.07 Å².